The zero-order valence-corrected chi connectivity index (χ0v) is 18.2. The fourth-order valence-electron chi connectivity index (χ4n) is 3.76. The monoisotopic (exact) mass is 433 g/mol. The lowest BCUT2D eigenvalue weighted by atomic mass is 9.90. The van der Waals surface area contributed by atoms with Crippen molar-refractivity contribution < 1.29 is 4.79 Å². The molecule has 6 heteroatoms. The average Bonchev–Trinajstić information content (AvgIpc) is 2.74. The van der Waals surface area contributed by atoms with Crippen LogP contribution in [-0.2, 0) is 13.0 Å². The Morgan fingerprint density at radius 3 is 2.45 bits per heavy atom. The van der Waals surface area contributed by atoms with Crippen LogP contribution < -0.4 is 10.6 Å². The van der Waals surface area contributed by atoms with Gasteiger partial charge in [0.25, 0.3) is 0 Å². The first-order valence-corrected chi connectivity index (χ1v) is 11.1. The minimum absolute atomic E-state index is 0.155. The maximum Gasteiger partial charge on any atom is 0.315 e. The number of nitrogens with zero attached hydrogens (tertiary/aromatic N) is 1. The molecular formula is C23H29Cl2N3O. The van der Waals surface area contributed by atoms with Crippen LogP contribution in [0, 0.1) is 5.92 Å². The van der Waals surface area contributed by atoms with E-state index < -0.39 is 0 Å². The molecule has 0 aliphatic carbocycles. The van der Waals surface area contributed by atoms with Gasteiger partial charge >= 0.3 is 6.03 Å². The Balaban J connectivity index is 1.25. The molecule has 3 rings (SSSR count). The fraction of sp³-hybridized carbons (Fsp3) is 0.435. The predicted octanol–water partition coefficient (Wildman–Crippen LogP) is 5.14. The number of piperidine rings is 1. The van der Waals surface area contributed by atoms with E-state index in [1.807, 2.05) is 6.07 Å². The van der Waals surface area contributed by atoms with Crippen molar-refractivity contribution in [3.05, 3.63) is 69.7 Å². The van der Waals surface area contributed by atoms with Gasteiger partial charge in [-0.2, -0.15) is 0 Å². The highest BCUT2D eigenvalue weighted by Crippen LogP contribution is 2.23. The molecule has 2 N–H and O–H groups in total. The first kappa shape index (κ1) is 21.9. The Kier molecular flexibility index (Phi) is 8.66. The first-order chi connectivity index (χ1) is 14.1. The minimum atomic E-state index is -0.155. The average molecular weight is 434 g/mol. The molecule has 156 valence electrons. The van der Waals surface area contributed by atoms with Crippen molar-refractivity contribution in [3.8, 4) is 0 Å². The molecule has 1 fully saturated rings. The van der Waals surface area contributed by atoms with Crippen LogP contribution in [0.5, 0.6) is 0 Å². The topological polar surface area (TPSA) is 44.4 Å². The molecule has 2 aromatic carbocycles. The van der Waals surface area contributed by atoms with Crippen molar-refractivity contribution in [2.75, 3.05) is 26.2 Å². The molecule has 2 aromatic rings. The zero-order chi connectivity index (χ0) is 20.5. The number of urea groups is 1. The van der Waals surface area contributed by atoms with Crippen molar-refractivity contribution in [1.82, 2.24) is 15.5 Å². The lowest BCUT2D eigenvalue weighted by Crippen LogP contribution is -2.38. The normalized spacial score (nSPS) is 15.2. The second kappa shape index (κ2) is 11.4. The Hall–Kier alpha value is -1.75. The Morgan fingerprint density at radius 1 is 0.966 bits per heavy atom. The molecule has 0 spiro atoms. The Bertz CT molecular complexity index is 777. The number of hydrogen-bond donors (Lipinski definition) is 2. The van der Waals surface area contributed by atoms with E-state index in [1.165, 1.54) is 24.8 Å². The number of nitrogens with one attached hydrogen (secondary N) is 2. The zero-order valence-electron chi connectivity index (χ0n) is 16.7. The van der Waals surface area contributed by atoms with Crippen LogP contribution in [0.3, 0.4) is 0 Å². The highest BCUT2D eigenvalue weighted by atomic mass is 35.5. The summed E-state index contributed by atoms with van der Waals surface area (Å²) >= 11 is 11.9. The molecule has 29 heavy (non-hydrogen) atoms. The molecule has 0 bridgehead atoms. The number of halogens is 2. The van der Waals surface area contributed by atoms with E-state index in [9.17, 15) is 4.79 Å². The largest absolute Gasteiger partial charge is 0.338 e. The predicted molar refractivity (Wildman–Crippen MR) is 121 cm³/mol. The summed E-state index contributed by atoms with van der Waals surface area (Å²) in [6, 6.07) is 16.0. The molecule has 0 aromatic heterocycles. The van der Waals surface area contributed by atoms with Crippen molar-refractivity contribution in [2.45, 2.75) is 32.2 Å². The van der Waals surface area contributed by atoms with E-state index in [2.05, 4.69) is 45.9 Å². The first-order valence-electron chi connectivity index (χ1n) is 10.3. The van der Waals surface area contributed by atoms with Gasteiger partial charge in [-0.05, 0) is 74.5 Å². The molecule has 1 saturated heterocycles. The van der Waals surface area contributed by atoms with E-state index in [0.717, 1.165) is 37.5 Å². The molecule has 2 amide bonds. The summed E-state index contributed by atoms with van der Waals surface area (Å²) in [4.78, 5) is 14.5. The Labute approximate surface area is 183 Å². The van der Waals surface area contributed by atoms with Crippen LogP contribution in [0.1, 0.15) is 30.4 Å². The van der Waals surface area contributed by atoms with Crippen LogP contribution in [0.15, 0.2) is 48.5 Å². The molecule has 0 saturated carbocycles. The van der Waals surface area contributed by atoms with Gasteiger partial charge in [0.05, 0.1) is 10.0 Å². The van der Waals surface area contributed by atoms with Gasteiger partial charge in [-0.15, -0.1) is 0 Å². The SMILES string of the molecule is O=C(NCCCN1CCC(Cc2ccccc2)CC1)NCc1ccc(Cl)c(Cl)c1. The quantitative estimate of drug-likeness (QED) is 0.566. The van der Waals surface area contributed by atoms with Crippen LogP contribution in [0.2, 0.25) is 10.0 Å². The van der Waals surface area contributed by atoms with Crippen LogP contribution in [0.4, 0.5) is 4.79 Å². The third kappa shape index (κ3) is 7.54. The second-order valence-corrected chi connectivity index (χ2v) is 8.50. The van der Waals surface area contributed by atoms with Crippen LogP contribution in [0.25, 0.3) is 0 Å². The molecule has 0 radical (unpaired) electrons. The van der Waals surface area contributed by atoms with Gasteiger partial charge in [-0.25, -0.2) is 4.79 Å². The fourth-order valence-corrected chi connectivity index (χ4v) is 4.08. The second-order valence-electron chi connectivity index (χ2n) is 7.69. The van der Waals surface area contributed by atoms with Gasteiger partial charge in [0, 0.05) is 13.1 Å². The third-order valence-corrected chi connectivity index (χ3v) is 6.19. The summed E-state index contributed by atoms with van der Waals surface area (Å²) in [5.41, 5.74) is 2.37. The van der Waals surface area contributed by atoms with E-state index in [1.54, 1.807) is 12.1 Å². The molecule has 1 aliphatic heterocycles. The maximum absolute atomic E-state index is 11.9. The van der Waals surface area contributed by atoms with Crippen molar-refractivity contribution in [3.63, 3.8) is 0 Å². The van der Waals surface area contributed by atoms with Gasteiger partial charge < -0.3 is 15.5 Å². The molecular weight excluding hydrogens is 405 g/mol. The summed E-state index contributed by atoms with van der Waals surface area (Å²) in [7, 11) is 0. The summed E-state index contributed by atoms with van der Waals surface area (Å²) in [5.74, 6) is 0.791. The molecule has 1 aliphatic rings. The van der Waals surface area contributed by atoms with Gasteiger partial charge in [0.15, 0.2) is 0 Å². The molecule has 4 nitrogen and oxygen atoms in total. The number of carbonyl (C=O) groups is 1. The summed E-state index contributed by atoms with van der Waals surface area (Å²) in [6.45, 7) is 4.45. The third-order valence-electron chi connectivity index (χ3n) is 5.45. The maximum atomic E-state index is 11.9. The number of benzene rings is 2. The van der Waals surface area contributed by atoms with Crippen molar-refractivity contribution in [2.24, 2.45) is 5.92 Å². The van der Waals surface area contributed by atoms with Gasteiger partial charge in [-0.1, -0.05) is 59.6 Å². The summed E-state index contributed by atoms with van der Waals surface area (Å²) in [5, 5.41) is 6.79. The molecule has 0 unspecified atom stereocenters. The minimum Gasteiger partial charge on any atom is -0.338 e. The van der Waals surface area contributed by atoms with E-state index in [0.29, 0.717) is 23.1 Å². The number of carbonyl (C=O) groups excluding carboxylic acids is 1. The van der Waals surface area contributed by atoms with Crippen molar-refractivity contribution >= 4 is 29.2 Å². The van der Waals surface area contributed by atoms with E-state index >= 15 is 0 Å². The van der Waals surface area contributed by atoms with Crippen LogP contribution in [-0.4, -0.2) is 37.1 Å². The number of hydrogen-bond acceptors (Lipinski definition) is 2. The van der Waals surface area contributed by atoms with Gasteiger partial charge in [-0.3, -0.25) is 0 Å². The standard InChI is InChI=1S/C23H29Cl2N3O/c24-21-8-7-20(16-22(21)25)17-27-23(29)26-11-4-12-28-13-9-19(10-14-28)15-18-5-2-1-3-6-18/h1-3,5-8,16,19H,4,9-15,17H2,(H2,26,27,29). The smallest absolute Gasteiger partial charge is 0.315 e. The number of likely N-dealkylation sites (tertiary alicyclic amines) is 1. The lowest BCUT2D eigenvalue weighted by molar-refractivity contribution is 0.182. The highest BCUT2D eigenvalue weighted by Gasteiger charge is 2.19. The number of rotatable bonds is 8. The van der Waals surface area contributed by atoms with Gasteiger partial charge in [0.1, 0.15) is 0 Å². The van der Waals surface area contributed by atoms with Gasteiger partial charge in [0.2, 0.25) is 0 Å². The lowest BCUT2D eigenvalue weighted by Gasteiger charge is -2.32. The highest BCUT2D eigenvalue weighted by molar-refractivity contribution is 6.42. The number of amides is 2. The molecule has 1 heterocycles. The van der Waals surface area contributed by atoms with E-state index in [4.69, 9.17) is 23.2 Å². The van der Waals surface area contributed by atoms with Crippen LogP contribution >= 0.6 is 23.2 Å². The Morgan fingerprint density at radius 2 is 1.72 bits per heavy atom. The summed E-state index contributed by atoms with van der Waals surface area (Å²) < 4.78 is 0. The summed E-state index contributed by atoms with van der Waals surface area (Å²) in [6.07, 6.45) is 4.66. The molecule has 0 atom stereocenters. The van der Waals surface area contributed by atoms with Crippen molar-refractivity contribution in [1.29, 1.82) is 0 Å². The van der Waals surface area contributed by atoms with E-state index in [-0.39, 0.29) is 6.03 Å².